The fourth-order valence-corrected chi connectivity index (χ4v) is 1.82. The molecule has 0 bridgehead atoms. The summed E-state index contributed by atoms with van der Waals surface area (Å²) in [5.41, 5.74) is 1.11. The van der Waals surface area contributed by atoms with Gasteiger partial charge >= 0.3 is 0 Å². The molecule has 2 unspecified atom stereocenters. The molecule has 1 saturated carbocycles. The lowest BCUT2D eigenvalue weighted by atomic mass is 10.1. The summed E-state index contributed by atoms with van der Waals surface area (Å²) in [6.07, 6.45) is 1.06. The molecule has 1 fully saturated rings. The highest BCUT2D eigenvalue weighted by Gasteiger charge is 2.37. The highest BCUT2D eigenvalue weighted by atomic mass is 16.4. The molecular weight excluding hydrogens is 180 g/mol. The Hall–Kier alpha value is -1.51. The Morgan fingerprint density at radius 3 is 2.64 bits per heavy atom. The predicted octanol–water partition coefficient (Wildman–Crippen LogP) is 0.636. The fourth-order valence-electron chi connectivity index (χ4n) is 1.82. The molecule has 1 aromatic rings. The largest absolute Gasteiger partial charge is 0.550 e. The van der Waals surface area contributed by atoms with E-state index in [0.29, 0.717) is 5.92 Å². The summed E-state index contributed by atoms with van der Waals surface area (Å²) in [6, 6.07) is 6.94. The number of rotatable bonds is 3. The van der Waals surface area contributed by atoms with E-state index in [1.54, 1.807) is 12.1 Å². The van der Waals surface area contributed by atoms with E-state index in [0.717, 1.165) is 12.0 Å². The van der Waals surface area contributed by atoms with E-state index in [-0.39, 0.29) is 18.1 Å². The molecule has 2 rings (SSSR count). The van der Waals surface area contributed by atoms with Crippen molar-refractivity contribution >= 4 is 5.97 Å². The first-order valence-electron chi connectivity index (χ1n) is 4.65. The molecule has 3 nitrogen and oxygen atoms in total. The lowest BCUT2D eigenvalue weighted by molar-refractivity contribution is -0.306. The van der Waals surface area contributed by atoms with Crippen molar-refractivity contribution in [3.8, 4) is 5.75 Å². The smallest absolute Gasteiger partial charge is 0.115 e. The zero-order valence-electron chi connectivity index (χ0n) is 7.64. The topological polar surface area (TPSA) is 60.4 Å². The molecule has 0 spiro atoms. The Morgan fingerprint density at radius 1 is 1.43 bits per heavy atom. The molecule has 0 saturated heterocycles. The maximum absolute atomic E-state index is 10.3. The van der Waals surface area contributed by atoms with Crippen molar-refractivity contribution in [3.63, 3.8) is 0 Å². The molecular formula is C11H11O3-. The van der Waals surface area contributed by atoms with Crippen molar-refractivity contribution < 1.29 is 15.0 Å². The van der Waals surface area contributed by atoms with Crippen LogP contribution >= 0.6 is 0 Å². The van der Waals surface area contributed by atoms with E-state index in [1.165, 1.54) is 0 Å². The third kappa shape index (κ3) is 1.87. The van der Waals surface area contributed by atoms with Crippen LogP contribution < -0.4 is 5.11 Å². The number of carbonyl (C=O) groups excluding carboxylic acids is 1. The van der Waals surface area contributed by atoms with Crippen LogP contribution in [0.3, 0.4) is 0 Å². The minimum absolute atomic E-state index is 0.144. The summed E-state index contributed by atoms with van der Waals surface area (Å²) in [4.78, 5) is 10.3. The van der Waals surface area contributed by atoms with Crippen molar-refractivity contribution in [3.05, 3.63) is 29.8 Å². The fraction of sp³-hybridized carbons (Fsp3) is 0.364. The van der Waals surface area contributed by atoms with Gasteiger partial charge in [-0.1, -0.05) is 12.1 Å². The number of carboxylic acid groups (broad SMARTS) is 1. The van der Waals surface area contributed by atoms with Crippen LogP contribution in [0.1, 0.15) is 24.3 Å². The van der Waals surface area contributed by atoms with Gasteiger partial charge in [0, 0.05) is 5.97 Å². The van der Waals surface area contributed by atoms with Crippen LogP contribution in [0.15, 0.2) is 24.3 Å². The van der Waals surface area contributed by atoms with E-state index in [9.17, 15) is 9.90 Å². The summed E-state index contributed by atoms with van der Waals surface area (Å²) in [5, 5.41) is 19.4. The number of aliphatic carboxylic acids is 1. The number of phenols is 1. The van der Waals surface area contributed by atoms with Gasteiger partial charge in [0.25, 0.3) is 0 Å². The van der Waals surface area contributed by atoms with Gasteiger partial charge in [0.1, 0.15) is 5.75 Å². The summed E-state index contributed by atoms with van der Waals surface area (Å²) in [7, 11) is 0. The van der Waals surface area contributed by atoms with Gasteiger partial charge in [0.15, 0.2) is 0 Å². The lowest BCUT2D eigenvalue weighted by Gasteiger charge is -2.01. The Balaban J connectivity index is 1.99. The normalized spacial score (nSPS) is 24.6. The number of hydrogen-bond acceptors (Lipinski definition) is 3. The van der Waals surface area contributed by atoms with Gasteiger partial charge in [-0.3, -0.25) is 0 Å². The maximum Gasteiger partial charge on any atom is 0.115 e. The minimum Gasteiger partial charge on any atom is -0.550 e. The number of hydrogen-bond donors (Lipinski definition) is 1. The van der Waals surface area contributed by atoms with Gasteiger partial charge < -0.3 is 15.0 Å². The van der Waals surface area contributed by atoms with Crippen molar-refractivity contribution in [1.82, 2.24) is 0 Å². The Kier molecular flexibility index (Phi) is 2.15. The van der Waals surface area contributed by atoms with Crippen LogP contribution in [0.4, 0.5) is 0 Å². The van der Waals surface area contributed by atoms with Crippen molar-refractivity contribution in [2.24, 2.45) is 5.92 Å². The molecule has 0 amide bonds. The number of benzene rings is 1. The van der Waals surface area contributed by atoms with Gasteiger partial charge in [0.2, 0.25) is 0 Å². The monoisotopic (exact) mass is 191 g/mol. The predicted molar refractivity (Wildman–Crippen MR) is 48.6 cm³/mol. The third-order valence-electron chi connectivity index (χ3n) is 2.67. The summed E-state index contributed by atoms with van der Waals surface area (Å²) in [5.74, 6) is -0.167. The van der Waals surface area contributed by atoms with Gasteiger partial charge in [-0.15, -0.1) is 0 Å². The summed E-state index contributed by atoms with van der Waals surface area (Å²) < 4.78 is 0. The first-order valence-corrected chi connectivity index (χ1v) is 4.65. The van der Waals surface area contributed by atoms with Crippen LogP contribution in [0.5, 0.6) is 5.75 Å². The van der Waals surface area contributed by atoms with Crippen LogP contribution in [-0.4, -0.2) is 11.1 Å². The van der Waals surface area contributed by atoms with Crippen LogP contribution in [0.25, 0.3) is 0 Å². The average molecular weight is 191 g/mol. The van der Waals surface area contributed by atoms with Crippen LogP contribution in [0.2, 0.25) is 0 Å². The molecule has 2 atom stereocenters. The summed E-state index contributed by atoms with van der Waals surface area (Å²) in [6.45, 7) is 0. The highest BCUT2D eigenvalue weighted by molar-refractivity contribution is 5.65. The van der Waals surface area contributed by atoms with Gasteiger partial charge in [0.05, 0.1) is 0 Å². The van der Waals surface area contributed by atoms with Crippen molar-refractivity contribution in [2.75, 3.05) is 0 Å². The molecule has 1 N–H and O–H groups in total. The quantitative estimate of drug-likeness (QED) is 0.762. The first kappa shape index (κ1) is 9.06. The SMILES string of the molecule is O=C([O-])CC1CC1c1ccc(O)cc1. The van der Waals surface area contributed by atoms with E-state index < -0.39 is 5.97 Å². The standard InChI is InChI=1S/C11H12O3/c12-9-3-1-7(2-4-9)10-5-8(10)6-11(13)14/h1-4,8,10,12H,5-6H2,(H,13,14)/p-1. The van der Waals surface area contributed by atoms with Crippen molar-refractivity contribution in [1.29, 1.82) is 0 Å². The number of phenolic OH excluding ortho intramolecular Hbond substituents is 1. The Labute approximate surface area is 82.0 Å². The minimum atomic E-state index is -0.976. The van der Waals surface area contributed by atoms with E-state index in [1.807, 2.05) is 12.1 Å². The molecule has 0 aliphatic heterocycles. The maximum atomic E-state index is 10.3. The number of carbonyl (C=O) groups is 1. The van der Waals surface area contributed by atoms with Gasteiger partial charge in [-0.05, 0) is 42.4 Å². The van der Waals surface area contributed by atoms with E-state index in [2.05, 4.69) is 0 Å². The second-order valence-electron chi connectivity index (χ2n) is 3.77. The van der Waals surface area contributed by atoms with Crippen LogP contribution in [-0.2, 0) is 4.79 Å². The average Bonchev–Trinajstić information content (AvgIpc) is 2.84. The first-order chi connectivity index (χ1) is 6.66. The Bertz CT molecular complexity index is 342. The molecule has 0 aromatic heterocycles. The third-order valence-corrected chi connectivity index (χ3v) is 2.67. The molecule has 1 aliphatic carbocycles. The highest BCUT2D eigenvalue weighted by Crippen LogP contribution is 2.49. The van der Waals surface area contributed by atoms with Gasteiger partial charge in [-0.25, -0.2) is 0 Å². The summed E-state index contributed by atoms with van der Waals surface area (Å²) >= 11 is 0. The molecule has 0 radical (unpaired) electrons. The molecule has 3 heteroatoms. The van der Waals surface area contributed by atoms with E-state index >= 15 is 0 Å². The Morgan fingerprint density at radius 2 is 2.07 bits per heavy atom. The van der Waals surface area contributed by atoms with E-state index in [4.69, 9.17) is 5.11 Å². The lowest BCUT2D eigenvalue weighted by Crippen LogP contribution is -2.22. The van der Waals surface area contributed by atoms with Crippen LogP contribution in [0, 0.1) is 5.92 Å². The number of aromatic hydroxyl groups is 1. The second kappa shape index (κ2) is 3.33. The second-order valence-corrected chi connectivity index (χ2v) is 3.77. The zero-order chi connectivity index (χ0) is 10.1. The number of carboxylic acids is 1. The van der Waals surface area contributed by atoms with Gasteiger partial charge in [-0.2, -0.15) is 0 Å². The molecule has 0 heterocycles. The van der Waals surface area contributed by atoms with Crippen molar-refractivity contribution in [2.45, 2.75) is 18.8 Å². The molecule has 14 heavy (non-hydrogen) atoms. The zero-order valence-corrected chi connectivity index (χ0v) is 7.64. The molecule has 1 aliphatic rings. The molecule has 1 aromatic carbocycles. The molecule has 74 valence electrons.